The minimum absolute atomic E-state index is 0.0778. The Morgan fingerprint density at radius 3 is 2.53 bits per heavy atom. The average Bonchev–Trinajstić information content (AvgIpc) is 3.27. The highest BCUT2D eigenvalue weighted by atomic mass is 28.4. The third kappa shape index (κ3) is 4.00. The highest BCUT2D eigenvalue weighted by molar-refractivity contribution is 6.71. The maximum absolute atomic E-state index is 14.4. The Labute approximate surface area is 213 Å². The summed E-state index contributed by atoms with van der Waals surface area (Å²) >= 11 is 0. The topological polar surface area (TPSA) is 90.3 Å². The molecule has 1 spiro atoms. The molecule has 7 nitrogen and oxygen atoms in total. The van der Waals surface area contributed by atoms with Gasteiger partial charge >= 0.3 is 0 Å². The van der Waals surface area contributed by atoms with Gasteiger partial charge in [0.05, 0.1) is 18.3 Å². The lowest BCUT2D eigenvalue weighted by Crippen LogP contribution is -2.46. The van der Waals surface area contributed by atoms with Gasteiger partial charge in [-0.25, -0.2) is 0 Å². The SMILES string of the molecule is C[C@H]1[C@H]([Si](C)(C)O)[C@@H](CCO)O[C@]12C(=O)N(Cc1ccccc1)c1ccc(N3CCCCC3=O)cc12. The molecule has 192 valence electrons. The van der Waals surface area contributed by atoms with Crippen LogP contribution in [0.25, 0.3) is 0 Å². The zero-order valence-corrected chi connectivity index (χ0v) is 22.3. The van der Waals surface area contributed by atoms with Crippen LogP contribution in [0.15, 0.2) is 48.5 Å². The van der Waals surface area contributed by atoms with Gasteiger partial charge in [0.25, 0.3) is 5.91 Å². The van der Waals surface area contributed by atoms with E-state index < -0.39 is 20.0 Å². The van der Waals surface area contributed by atoms with Gasteiger partial charge in [-0.15, -0.1) is 0 Å². The van der Waals surface area contributed by atoms with Crippen LogP contribution in [-0.4, -0.2) is 49.3 Å². The van der Waals surface area contributed by atoms with Gasteiger partial charge in [0.2, 0.25) is 5.91 Å². The molecule has 2 aromatic rings. The first-order valence-electron chi connectivity index (χ1n) is 13.0. The molecular formula is C28H36N2O5Si. The number of carbonyl (C=O) groups excluding carboxylic acids is 2. The van der Waals surface area contributed by atoms with Crippen molar-refractivity contribution >= 4 is 31.5 Å². The van der Waals surface area contributed by atoms with E-state index in [1.807, 2.05) is 73.4 Å². The lowest BCUT2D eigenvalue weighted by Gasteiger charge is -2.33. The summed E-state index contributed by atoms with van der Waals surface area (Å²) in [7, 11) is -2.76. The van der Waals surface area contributed by atoms with E-state index in [4.69, 9.17) is 4.74 Å². The second-order valence-electron chi connectivity index (χ2n) is 11.0. The number of benzene rings is 2. The van der Waals surface area contributed by atoms with E-state index in [0.717, 1.165) is 35.3 Å². The minimum atomic E-state index is -2.76. The molecule has 2 saturated heterocycles. The summed E-state index contributed by atoms with van der Waals surface area (Å²) in [6, 6.07) is 15.7. The van der Waals surface area contributed by atoms with E-state index in [-0.39, 0.29) is 29.9 Å². The molecule has 4 atom stereocenters. The first kappa shape index (κ1) is 25.1. The number of amides is 2. The molecule has 3 aliphatic rings. The van der Waals surface area contributed by atoms with Gasteiger partial charge in [0, 0.05) is 42.3 Å². The molecule has 8 heteroatoms. The van der Waals surface area contributed by atoms with E-state index in [1.54, 1.807) is 4.90 Å². The zero-order valence-electron chi connectivity index (χ0n) is 21.3. The number of fused-ring (bicyclic) bond motifs is 2. The first-order chi connectivity index (χ1) is 17.2. The number of aliphatic hydroxyl groups excluding tert-OH is 1. The van der Waals surface area contributed by atoms with E-state index >= 15 is 0 Å². The molecular weight excluding hydrogens is 472 g/mol. The first-order valence-corrected chi connectivity index (χ1v) is 16.0. The summed E-state index contributed by atoms with van der Waals surface area (Å²) in [5, 5.41) is 9.79. The Morgan fingerprint density at radius 1 is 1.11 bits per heavy atom. The molecule has 36 heavy (non-hydrogen) atoms. The summed E-state index contributed by atoms with van der Waals surface area (Å²) < 4.78 is 6.70. The van der Waals surface area contributed by atoms with Crippen molar-refractivity contribution in [1.82, 2.24) is 0 Å². The number of hydrogen-bond acceptors (Lipinski definition) is 5. The fraction of sp³-hybridized carbons (Fsp3) is 0.500. The van der Waals surface area contributed by atoms with E-state index in [1.165, 1.54) is 0 Å². The maximum Gasteiger partial charge on any atom is 0.264 e. The van der Waals surface area contributed by atoms with Gasteiger partial charge in [-0.05, 0) is 56.1 Å². The van der Waals surface area contributed by atoms with Crippen LogP contribution in [0.3, 0.4) is 0 Å². The lowest BCUT2D eigenvalue weighted by atomic mass is 9.82. The molecule has 0 aromatic heterocycles. The summed E-state index contributed by atoms with van der Waals surface area (Å²) in [5.74, 6) is -0.333. The van der Waals surface area contributed by atoms with Gasteiger partial charge in [0.1, 0.15) is 0 Å². The third-order valence-electron chi connectivity index (χ3n) is 8.20. The van der Waals surface area contributed by atoms with Crippen LogP contribution < -0.4 is 9.80 Å². The van der Waals surface area contributed by atoms with Crippen molar-refractivity contribution in [3.8, 4) is 0 Å². The van der Waals surface area contributed by atoms with Crippen LogP contribution in [0.4, 0.5) is 11.4 Å². The molecule has 0 bridgehead atoms. The van der Waals surface area contributed by atoms with Crippen molar-refractivity contribution in [3.63, 3.8) is 0 Å². The molecule has 3 aliphatic heterocycles. The van der Waals surface area contributed by atoms with Crippen molar-refractivity contribution in [2.75, 3.05) is 23.0 Å². The third-order valence-corrected chi connectivity index (χ3v) is 10.7. The van der Waals surface area contributed by atoms with Gasteiger partial charge in [-0.2, -0.15) is 0 Å². The summed E-state index contributed by atoms with van der Waals surface area (Å²) in [6.07, 6.45) is 2.31. The number of ether oxygens (including phenoxy) is 1. The van der Waals surface area contributed by atoms with Crippen LogP contribution in [0.2, 0.25) is 18.6 Å². The molecule has 2 fully saturated rings. The Balaban J connectivity index is 1.64. The van der Waals surface area contributed by atoms with Crippen LogP contribution in [0, 0.1) is 5.92 Å². The van der Waals surface area contributed by atoms with Crippen LogP contribution >= 0.6 is 0 Å². The van der Waals surface area contributed by atoms with Crippen LogP contribution in [0.5, 0.6) is 0 Å². The van der Waals surface area contributed by atoms with E-state index in [0.29, 0.717) is 25.9 Å². The van der Waals surface area contributed by atoms with Crippen LogP contribution in [0.1, 0.15) is 43.7 Å². The second kappa shape index (κ2) is 9.41. The number of carbonyl (C=O) groups is 2. The number of aliphatic hydroxyl groups is 1. The van der Waals surface area contributed by atoms with Gasteiger partial charge < -0.3 is 24.4 Å². The maximum atomic E-state index is 14.4. The largest absolute Gasteiger partial charge is 0.432 e. The van der Waals surface area contributed by atoms with Crippen molar-refractivity contribution < 1.29 is 24.2 Å². The average molecular weight is 509 g/mol. The minimum Gasteiger partial charge on any atom is -0.432 e. The summed E-state index contributed by atoms with van der Waals surface area (Å²) in [5.41, 5.74) is 1.84. The smallest absolute Gasteiger partial charge is 0.264 e. The summed E-state index contributed by atoms with van der Waals surface area (Å²) in [4.78, 5) is 41.9. The van der Waals surface area contributed by atoms with Crippen LogP contribution in [-0.2, 0) is 26.5 Å². The van der Waals surface area contributed by atoms with Gasteiger partial charge in [-0.1, -0.05) is 37.3 Å². The molecule has 0 aliphatic carbocycles. The highest BCUT2D eigenvalue weighted by Gasteiger charge is 2.66. The predicted molar refractivity (Wildman–Crippen MR) is 141 cm³/mol. The normalized spacial score (nSPS) is 28.3. The number of nitrogens with zero attached hydrogens (tertiary/aromatic N) is 2. The predicted octanol–water partition coefficient (Wildman–Crippen LogP) is 3.93. The highest BCUT2D eigenvalue weighted by Crippen LogP contribution is 2.60. The van der Waals surface area contributed by atoms with Gasteiger partial charge in [0.15, 0.2) is 13.9 Å². The standard InChI is InChI=1S/C28H36N2O5Si/c1-19-26(36(2,3)34)24(14-16-31)35-28(19)22-17-21(29-15-8-7-11-25(29)32)12-13-23(22)30(27(28)33)18-20-9-5-4-6-10-20/h4-6,9-10,12-13,17,19,24,26,31,34H,7-8,11,14-16,18H2,1-3H3/t19-,24+,26-,28+/m0/s1. The quantitative estimate of drug-likeness (QED) is 0.577. The number of hydrogen-bond donors (Lipinski definition) is 2. The second-order valence-corrected chi connectivity index (χ2v) is 14.9. The number of rotatable bonds is 6. The number of anilines is 2. The van der Waals surface area contributed by atoms with E-state index in [9.17, 15) is 19.5 Å². The Kier molecular flexibility index (Phi) is 6.57. The fourth-order valence-corrected chi connectivity index (χ4v) is 9.24. The van der Waals surface area contributed by atoms with Crippen molar-refractivity contribution in [1.29, 1.82) is 0 Å². The van der Waals surface area contributed by atoms with Crippen molar-refractivity contribution in [2.24, 2.45) is 5.92 Å². The molecule has 0 radical (unpaired) electrons. The monoisotopic (exact) mass is 508 g/mol. The zero-order chi connectivity index (χ0) is 25.7. The van der Waals surface area contributed by atoms with Crippen molar-refractivity contribution in [2.45, 2.75) is 69.5 Å². The lowest BCUT2D eigenvalue weighted by molar-refractivity contribution is -0.146. The molecule has 2 amide bonds. The molecule has 0 unspecified atom stereocenters. The van der Waals surface area contributed by atoms with Crippen molar-refractivity contribution in [3.05, 3.63) is 59.7 Å². The molecule has 0 saturated carbocycles. The number of piperidine rings is 1. The Bertz CT molecular complexity index is 1150. The van der Waals surface area contributed by atoms with E-state index in [2.05, 4.69) is 0 Å². The molecule has 3 heterocycles. The summed E-state index contributed by atoms with van der Waals surface area (Å²) in [6.45, 7) is 6.75. The molecule has 2 N–H and O–H groups in total. The van der Waals surface area contributed by atoms with Gasteiger partial charge in [-0.3, -0.25) is 9.59 Å². The Morgan fingerprint density at radius 2 is 1.86 bits per heavy atom. The molecule has 2 aromatic carbocycles. The fourth-order valence-electron chi connectivity index (χ4n) is 6.63. The molecule has 5 rings (SSSR count). The Hall–Kier alpha value is -2.52.